The largest absolute Gasteiger partial charge is 0.396 e. The van der Waals surface area contributed by atoms with Gasteiger partial charge < -0.3 is 11.1 Å². The molecule has 3 N–H and O–H groups in total. The van der Waals surface area contributed by atoms with Crippen molar-refractivity contribution in [3.05, 3.63) is 45.0 Å². The molecule has 0 bridgehead atoms. The Labute approximate surface area is 117 Å². The normalized spacial score (nSPS) is 10.3. The highest BCUT2D eigenvalue weighted by Crippen LogP contribution is 2.26. The van der Waals surface area contributed by atoms with Crippen molar-refractivity contribution in [3.8, 4) is 0 Å². The monoisotopic (exact) mass is 355 g/mol. The van der Waals surface area contributed by atoms with Crippen molar-refractivity contribution in [2.45, 2.75) is 6.92 Å². The summed E-state index contributed by atoms with van der Waals surface area (Å²) >= 11 is 6.76. The molecule has 0 spiro atoms. The second-order valence-electron chi connectivity index (χ2n) is 3.68. The molecule has 5 heteroatoms. The smallest absolute Gasteiger partial charge is 0.153 e. The number of nitrogens with zero attached hydrogens (tertiary/aromatic N) is 1. The van der Waals surface area contributed by atoms with Gasteiger partial charge in [0.25, 0.3) is 0 Å². The van der Waals surface area contributed by atoms with Gasteiger partial charge >= 0.3 is 0 Å². The Hall–Kier alpha value is -1.07. The van der Waals surface area contributed by atoms with Crippen LogP contribution in [0, 0.1) is 6.92 Å². The fourth-order valence-electron chi connectivity index (χ4n) is 1.45. The molecule has 17 heavy (non-hydrogen) atoms. The molecule has 0 radical (unpaired) electrons. The van der Waals surface area contributed by atoms with Gasteiger partial charge in [0.15, 0.2) is 5.82 Å². The number of nitrogens with one attached hydrogen (secondary N) is 1. The van der Waals surface area contributed by atoms with E-state index in [0.29, 0.717) is 11.5 Å². The van der Waals surface area contributed by atoms with Crippen LogP contribution in [0.2, 0.25) is 0 Å². The van der Waals surface area contributed by atoms with Crippen LogP contribution in [-0.4, -0.2) is 4.98 Å². The molecule has 88 valence electrons. The molecule has 2 rings (SSSR count). The lowest BCUT2D eigenvalue weighted by Gasteiger charge is -2.11. The number of aromatic nitrogens is 1. The summed E-state index contributed by atoms with van der Waals surface area (Å²) in [6.07, 6.45) is 1.72. The summed E-state index contributed by atoms with van der Waals surface area (Å²) in [5.74, 6) is 0.665. The quantitative estimate of drug-likeness (QED) is 0.846. The first-order valence-electron chi connectivity index (χ1n) is 5.00. The second kappa shape index (κ2) is 5.06. The van der Waals surface area contributed by atoms with Crippen LogP contribution in [0.25, 0.3) is 0 Å². The van der Waals surface area contributed by atoms with E-state index in [9.17, 15) is 0 Å². The number of benzene rings is 1. The van der Waals surface area contributed by atoms with Crippen molar-refractivity contribution >= 4 is 49.1 Å². The molecule has 0 saturated carbocycles. The van der Waals surface area contributed by atoms with Gasteiger partial charge in [0, 0.05) is 20.8 Å². The predicted octanol–water partition coefficient (Wildman–Crippen LogP) is 4.24. The molecule has 2 aromatic rings. The number of anilines is 3. The molecule has 0 fully saturated rings. The van der Waals surface area contributed by atoms with E-state index in [4.69, 9.17) is 5.73 Å². The van der Waals surface area contributed by atoms with Gasteiger partial charge in [0.1, 0.15) is 0 Å². The van der Waals surface area contributed by atoms with Gasteiger partial charge in [-0.2, -0.15) is 0 Å². The number of hydrogen-bond donors (Lipinski definition) is 2. The number of pyridine rings is 1. The van der Waals surface area contributed by atoms with Crippen LogP contribution in [-0.2, 0) is 0 Å². The Morgan fingerprint density at radius 2 is 1.94 bits per heavy atom. The third-order valence-electron chi connectivity index (χ3n) is 2.33. The summed E-state index contributed by atoms with van der Waals surface area (Å²) in [4.78, 5) is 4.24. The average molecular weight is 357 g/mol. The van der Waals surface area contributed by atoms with E-state index in [1.54, 1.807) is 6.20 Å². The van der Waals surface area contributed by atoms with E-state index in [0.717, 1.165) is 20.2 Å². The van der Waals surface area contributed by atoms with Gasteiger partial charge in [-0.25, -0.2) is 4.98 Å². The fraction of sp³-hybridized carbons (Fsp3) is 0.0833. The molecular formula is C12H11Br2N3. The lowest BCUT2D eigenvalue weighted by Crippen LogP contribution is -2.00. The minimum Gasteiger partial charge on any atom is -0.396 e. The summed E-state index contributed by atoms with van der Waals surface area (Å²) in [5, 5.41) is 3.22. The van der Waals surface area contributed by atoms with Crippen LogP contribution in [0.5, 0.6) is 0 Å². The first-order chi connectivity index (χ1) is 8.06. The third kappa shape index (κ3) is 2.98. The zero-order valence-electron chi connectivity index (χ0n) is 9.17. The van der Waals surface area contributed by atoms with Crippen molar-refractivity contribution in [2.24, 2.45) is 0 Å². The van der Waals surface area contributed by atoms with E-state index < -0.39 is 0 Å². The number of rotatable bonds is 2. The zero-order chi connectivity index (χ0) is 12.4. The molecule has 1 heterocycles. The van der Waals surface area contributed by atoms with Crippen molar-refractivity contribution in [1.29, 1.82) is 0 Å². The molecule has 0 aliphatic carbocycles. The first kappa shape index (κ1) is 12.4. The minimum absolute atomic E-state index is 0.613. The Morgan fingerprint density at radius 1 is 1.18 bits per heavy atom. The predicted molar refractivity (Wildman–Crippen MR) is 78.5 cm³/mol. The maximum absolute atomic E-state index is 5.88. The summed E-state index contributed by atoms with van der Waals surface area (Å²) in [5.41, 5.74) is 8.62. The van der Waals surface area contributed by atoms with Gasteiger partial charge in [-0.1, -0.05) is 15.9 Å². The van der Waals surface area contributed by atoms with Gasteiger partial charge in [-0.05, 0) is 52.7 Å². The van der Waals surface area contributed by atoms with Crippen LogP contribution < -0.4 is 11.1 Å². The highest BCUT2D eigenvalue weighted by Gasteiger charge is 2.04. The molecule has 0 aliphatic heterocycles. The van der Waals surface area contributed by atoms with Crippen molar-refractivity contribution < 1.29 is 0 Å². The summed E-state index contributed by atoms with van der Waals surface area (Å²) in [6, 6.07) is 7.83. The lowest BCUT2D eigenvalue weighted by atomic mass is 10.2. The van der Waals surface area contributed by atoms with Crippen LogP contribution in [0.3, 0.4) is 0 Å². The highest BCUT2D eigenvalue weighted by atomic mass is 79.9. The van der Waals surface area contributed by atoms with Gasteiger partial charge in [0.05, 0.1) is 5.69 Å². The maximum Gasteiger partial charge on any atom is 0.153 e. The van der Waals surface area contributed by atoms with Gasteiger partial charge in [-0.3, -0.25) is 0 Å². The molecule has 1 aromatic carbocycles. The Balaban J connectivity index is 2.31. The molecule has 1 aromatic heterocycles. The molecular weight excluding hydrogens is 346 g/mol. The van der Waals surface area contributed by atoms with Crippen LogP contribution in [0.4, 0.5) is 17.2 Å². The van der Waals surface area contributed by atoms with Crippen LogP contribution in [0.1, 0.15) is 5.56 Å². The Morgan fingerprint density at radius 3 is 2.59 bits per heavy atom. The maximum atomic E-state index is 5.88. The van der Waals surface area contributed by atoms with Crippen molar-refractivity contribution in [3.63, 3.8) is 0 Å². The van der Waals surface area contributed by atoms with E-state index in [1.807, 2.05) is 31.2 Å². The van der Waals surface area contributed by atoms with Gasteiger partial charge in [-0.15, -0.1) is 0 Å². The molecule has 0 saturated heterocycles. The van der Waals surface area contributed by atoms with Gasteiger partial charge in [0.2, 0.25) is 0 Å². The average Bonchev–Trinajstić information content (AvgIpc) is 2.25. The molecule has 0 amide bonds. The fourth-order valence-corrected chi connectivity index (χ4v) is 2.28. The summed E-state index contributed by atoms with van der Waals surface area (Å²) in [7, 11) is 0. The number of nitrogen functional groups attached to an aromatic ring is 1. The number of hydrogen-bond acceptors (Lipinski definition) is 3. The second-order valence-corrected chi connectivity index (χ2v) is 5.51. The molecule has 0 aliphatic rings. The summed E-state index contributed by atoms with van der Waals surface area (Å²) in [6.45, 7) is 2.03. The highest BCUT2D eigenvalue weighted by molar-refractivity contribution is 9.10. The van der Waals surface area contributed by atoms with Crippen molar-refractivity contribution in [1.82, 2.24) is 4.98 Å². The summed E-state index contributed by atoms with van der Waals surface area (Å²) < 4.78 is 1.92. The minimum atomic E-state index is 0.613. The Kier molecular flexibility index (Phi) is 3.69. The number of halogens is 2. The molecule has 3 nitrogen and oxygen atoms in total. The van der Waals surface area contributed by atoms with E-state index in [1.165, 1.54) is 0 Å². The van der Waals surface area contributed by atoms with E-state index in [2.05, 4.69) is 42.2 Å². The molecule has 0 unspecified atom stereocenters. The Bertz CT molecular complexity index is 506. The number of nitrogens with two attached hydrogens (primary N) is 1. The first-order valence-corrected chi connectivity index (χ1v) is 6.59. The van der Waals surface area contributed by atoms with Crippen LogP contribution >= 0.6 is 31.9 Å². The lowest BCUT2D eigenvalue weighted by molar-refractivity contribution is 1.28. The van der Waals surface area contributed by atoms with E-state index in [-0.39, 0.29) is 0 Å². The van der Waals surface area contributed by atoms with Crippen molar-refractivity contribution in [2.75, 3.05) is 11.1 Å². The zero-order valence-corrected chi connectivity index (χ0v) is 12.3. The third-order valence-corrected chi connectivity index (χ3v) is 3.25. The standard InChI is InChI=1S/C12H11Br2N3/c1-7-4-8(13)2-3-11(7)17-12-10(15)5-9(14)6-16-12/h2-6H,15H2,1H3,(H,16,17). The molecule has 0 atom stereocenters. The number of aryl methyl sites for hydroxylation is 1. The SMILES string of the molecule is Cc1cc(Br)ccc1Nc1ncc(Br)cc1N. The van der Waals surface area contributed by atoms with Crippen LogP contribution in [0.15, 0.2) is 39.4 Å². The van der Waals surface area contributed by atoms with E-state index >= 15 is 0 Å². The topological polar surface area (TPSA) is 50.9 Å².